The van der Waals surface area contributed by atoms with Gasteiger partial charge in [0.2, 0.25) is 0 Å². The predicted molar refractivity (Wildman–Crippen MR) is 90.9 cm³/mol. The number of benzene rings is 2. The van der Waals surface area contributed by atoms with E-state index >= 15 is 0 Å². The first-order valence-corrected chi connectivity index (χ1v) is 7.52. The van der Waals surface area contributed by atoms with Crippen molar-refractivity contribution < 1.29 is 9.84 Å². The van der Waals surface area contributed by atoms with Crippen LogP contribution >= 0.6 is 0 Å². The molecule has 0 unspecified atom stereocenters. The molecule has 0 heterocycles. The summed E-state index contributed by atoms with van der Waals surface area (Å²) < 4.78 is 5.70. The van der Waals surface area contributed by atoms with E-state index in [0.717, 1.165) is 33.6 Å². The molecule has 2 aromatic rings. The van der Waals surface area contributed by atoms with Gasteiger partial charge in [-0.1, -0.05) is 18.2 Å². The van der Waals surface area contributed by atoms with Crippen LogP contribution in [-0.4, -0.2) is 10.8 Å². The van der Waals surface area contributed by atoms with E-state index in [9.17, 15) is 5.11 Å². The van der Waals surface area contributed by atoms with E-state index in [0.29, 0.717) is 0 Å². The van der Waals surface area contributed by atoms with E-state index in [2.05, 4.69) is 19.1 Å². The number of aryl methyl sites for hydroxylation is 2. The highest BCUT2D eigenvalue weighted by atomic mass is 16.5. The van der Waals surface area contributed by atoms with Crippen molar-refractivity contribution in [3.05, 3.63) is 52.6 Å². The van der Waals surface area contributed by atoms with Gasteiger partial charge in [-0.15, -0.1) is 0 Å². The fourth-order valence-corrected chi connectivity index (χ4v) is 2.64. The summed E-state index contributed by atoms with van der Waals surface area (Å²) in [7, 11) is 0. The standard InChI is InChI=1S/C19H25NO2/c1-12-6-8-17(18(11-21)14(12)3)16-9-7-15(10-13(16)2)22-19(4,5)20/h6-10,21H,11,20H2,1-5H3. The van der Waals surface area contributed by atoms with E-state index < -0.39 is 5.72 Å². The highest BCUT2D eigenvalue weighted by Crippen LogP contribution is 2.32. The largest absolute Gasteiger partial charge is 0.474 e. The monoisotopic (exact) mass is 299 g/mol. The minimum Gasteiger partial charge on any atom is -0.474 e. The first-order chi connectivity index (χ1) is 10.2. The molecule has 0 saturated carbocycles. The molecule has 0 bridgehead atoms. The molecule has 0 amide bonds. The Kier molecular flexibility index (Phi) is 4.59. The lowest BCUT2D eigenvalue weighted by Gasteiger charge is -2.22. The lowest BCUT2D eigenvalue weighted by atomic mass is 9.91. The van der Waals surface area contributed by atoms with Gasteiger partial charge in [-0.05, 0) is 80.1 Å². The van der Waals surface area contributed by atoms with Crippen LogP contribution in [0.2, 0.25) is 0 Å². The zero-order valence-corrected chi connectivity index (χ0v) is 14.0. The van der Waals surface area contributed by atoms with Crippen molar-refractivity contribution >= 4 is 0 Å². The normalized spacial score (nSPS) is 11.6. The average Bonchev–Trinajstić information content (AvgIpc) is 2.40. The summed E-state index contributed by atoms with van der Waals surface area (Å²) in [5.74, 6) is 0.753. The summed E-state index contributed by atoms with van der Waals surface area (Å²) in [5.41, 5.74) is 11.8. The molecular formula is C19H25NO2. The number of aliphatic hydroxyl groups is 1. The predicted octanol–water partition coefficient (Wildman–Crippen LogP) is 3.84. The minimum atomic E-state index is -0.704. The molecule has 0 aromatic heterocycles. The van der Waals surface area contributed by atoms with Crippen LogP contribution in [0, 0.1) is 20.8 Å². The minimum absolute atomic E-state index is 0.0381. The maximum absolute atomic E-state index is 9.74. The number of hydrogen-bond donors (Lipinski definition) is 2. The zero-order chi connectivity index (χ0) is 16.5. The van der Waals surface area contributed by atoms with Crippen molar-refractivity contribution in [2.75, 3.05) is 0 Å². The molecule has 0 aliphatic heterocycles. The lowest BCUT2D eigenvalue weighted by molar-refractivity contribution is 0.117. The molecule has 0 radical (unpaired) electrons. The van der Waals surface area contributed by atoms with Gasteiger partial charge >= 0.3 is 0 Å². The SMILES string of the molecule is Cc1cc(OC(C)(C)N)ccc1-c1ccc(C)c(C)c1CO. The van der Waals surface area contributed by atoms with Gasteiger partial charge in [0.05, 0.1) is 6.61 Å². The first-order valence-electron chi connectivity index (χ1n) is 7.52. The third-order valence-electron chi connectivity index (χ3n) is 3.90. The summed E-state index contributed by atoms with van der Waals surface area (Å²) in [4.78, 5) is 0. The van der Waals surface area contributed by atoms with Crippen molar-refractivity contribution in [1.82, 2.24) is 0 Å². The van der Waals surface area contributed by atoms with Crippen LogP contribution in [0.15, 0.2) is 30.3 Å². The molecule has 0 saturated heterocycles. The van der Waals surface area contributed by atoms with Gasteiger partial charge in [0.15, 0.2) is 5.72 Å². The Morgan fingerprint density at radius 3 is 2.18 bits per heavy atom. The van der Waals surface area contributed by atoms with Gasteiger partial charge in [0, 0.05) is 0 Å². The Balaban J connectivity index is 2.49. The summed E-state index contributed by atoms with van der Waals surface area (Å²) in [5, 5.41) is 9.74. The Hall–Kier alpha value is -1.84. The van der Waals surface area contributed by atoms with Crippen molar-refractivity contribution in [3.63, 3.8) is 0 Å². The van der Waals surface area contributed by atoms with E-state index in [1.54, 1.807) is 0 Å². The molecule has 0 aliphatic rings. The number of ether oxygens (including phenoxy) is 1. The topological polar surface area (TPSA) is 55.5 Å². The third-order valence-corrected chi connectivity index (χ3v) is 3.90. The van der Waals surface area contributed by atoms with Crippen molar-refractivity contribution in [1.29, 1.82) is 0 Å². The molecule has 2 rings (SSSR count). The lowest BCUT2D eigenvalue weighted by Crippen LogP contribution is -2.38. The average molecular weight is 299 g/mol. The van der Waals surface area contributed by atoms with Crippen LogP contribution < -0.4 is 10.5 Å². The maximum Gasteiger partial charge on any atom is 0.152 e. The summed E-state index contributed by atoms with van der Waals surface area (Å²) in [6.45, 7) is 9.84. The van der Waals surface area contributed by atoms with Crippen molar-refractivity contribution in [3.8, 4) is 16.9 Å². The van der Waals surface area contributed by atoms with E-state index in [-0.39, 0.29) is 6.61 Å². The van der Waals surface area contributed by atoms with Gasteiger partial charge in [-0.3, -0.25) is 5.73 Å². The van der Waals surface area contributed by atoms with Crippen LogP contribution in [-0.2, 0) is 6.61 Å². The summed E-state index contributed by atoms with van der Waals surface area (Å²) in [6, 6.07) is 10.1. The summed E-state index contributed by atoms with van der Waals surface area (Å²) in [6.07, 6.45) is 0. The Morgan fingerprint density at radius 2 is 1.64 bits per heavy atom. The molecule has 0 aliphatic carbocycles. The fourth-order valence-electron chi connectivity index (χ4n) is 2.64. The molecular weight excluding hydrogens is 274 g/mol. The second-order valence-electron chi connectivity index (χ2n) is 6.37. The molecule has 0 fully saturated rings. The maximum atomic E-state index is 9.74. The van der Waals surface area contributed by atoms with Gasteiger partial charge < -0.3 is 9.84 Å². The van der Waals surface area contributed by atoms with Crippen LogP contribution in [0.1, 0.15) is 36.1 Å². The second kappa shape index (κ2) is 6.11. The first kappa shape index (κ1) is 16.5. The van der Waals surface area contributed by atoms with Crippen LogP contribution in [0.4, 0.5) is 0 Å². The molecule has 118 valence electrons. The molecule has 3 heteroatoms. The quantitative estimate of drug-likeness (QED) is 0.843. The number of aliphatic hydroxyl groups excluding tert-OH is 1. The smallest absolute Gasteiger partial charge is 0.152 e. The molecule has 3 N–H and O–H groups in total. The van der Waals surface area contributed by atoms with E-state index in [1.165, 1.54) is 5.56 Å². The van der Waals surface area contributed by atoms with Gasteiger partial charge in [-0.2, -0.15) is 0 Å². The van der Waals surface area contributed by atoms with Gasteiger partial charge in [-0.25, -0.2) is 0 Å². The molecule has 0 atom stereocenters. The number of rotatable bonds is 4. The molecule has 22 heavy (non-hydrogen) atoms. The number of hydrogen-bond acceptors (Lipinski definition) is 3. The van der Waals surface area contributed by atoms with Crippen molar-refractivity contribution in [2.45, 2.75) is 47.0 Å². The van der Waals surface area contributed by atoms with Crippen molar-refractivity contribution in [2.24, 2.45) is 5.73 Å². The third kappa shape index (κ3) is 3.49. The Bertz CT molecular complexity index is 685. The molecule has 3 nitrogen and oxygen atoms in total. The van der Waals surface area contributed by atoms with E-state index in [4.69, 9.17) is 10.5 Å². The zero-order valence-electron chi connectivity index (χ0n) is 14.0. The fraction of sp³-hybridized carbons (Fsp3) is 0.368. The molecule has 0 spiro atoms. The Labute approximate surface area is 132 Å². The summed E-state index contributed by atoms with van der Waals surface area (Å²) >= 11 is 0. The highest BCUT2D eigenvalue weighted by Gasteiger charge is 2.15. The Morgan fingerprint density at radius 1 is 1.00 bits per heavy atom. The second-order valence-corrected chi connectivity index (χ2v) is 6.37. The highest BCUT2D eigenvalue weighted by molar-refractivity contribution is 5.73. The van der Waals surface area contributed by atoms with Crippen LogP contribution in [0.5, 0.6) is 5.75 Å². The van der Waals surface area contributed by atoms with E-state index in [1.807, 2.05) is 45.9 Å². The van der Waals surface area contributed by atoms with Crippen LogP contribution in [0.25, 0.3) is 11.1 Å². The van der Waals surface area contributed by atoms with Gasteiger partial charge in [0.25, 0.3) is 0 Å². The number of nitrogens with two attached hydrogens (primary N) is 1. The van der Waals surface area contributed by atoms with Crippen LogP contribution in [0.3, 0.4) is 0 Å². The van der Waals surface area contributed by atoms with Gasteiger partial charge in [0.1, 0.15) is 5.75 Å². The molecule has 2 aromatic carbocycles.